The Morgan fingerprint density at radius 3 is 2.22 bits per heavy atom. The van der Waals surface area contributed by atoms with Crippen LogP contribution in [0.3, 0.4) is 0 Å². The van der Waals surface area contributed by atoms with Crippen molar-refractivity contribution in [2.45, 2.75) is 6.42 Å². The molecule has 0 aliphatic heterocycles. The molecule has 18 heavy (non-hydrogen) atoms. The third kappa shape index (κ3) is 3.23. The molecule has 0 radical (unpaired) electrons. The van der Waals surface area contributed by atoms with Crippen molar-refractivity contribution >= 4 is 27.8 Å². The predicted molar refractivity (Wildman–Crippen MR) is 72.4 cm³/mol. The largest absolute Gasteiger partial charge is 0.261 e. The van der Waals surface area contributed by atoms with E-state index in [1.807, 2.05) is 24.3 Å². The molecule has 0 aromatic heterocycles. The van der Waals surface area contributed by atoms with E-state index in [9.17, 15) is 8.78 Å². The van der Waals surface area contributed by atoms with Crippen LogP contribution < -0.4 is 0 Å². The van der Waals surface area contributed by atoms with Crippen LogP contribution in [0.4, 0.5) is 14.5 Å². The fraction of sp³-hybridized carbons (Fsp3) is 0.0714. The normalized spacial score (nSPS) is 11.1. The number of hydrogen-bond donors (Lipinski definition) is 0. The molecule has 0 fully saturated rings. The molecule has 92 valence electrons. The summed E-state index contributed by atoms with van der Waals surface area (Å²) >= 11 is 3.32. The summed E-state index contributed by atoms with van der Waals surface area (Å²) in [6, 6.07) is 11.2. The average molecular weight is 310 g/mol. The Bertz CT molecular complexity index is 544. The topological polar surface area (TPSA) is 12.4 Å². The molecule has 2 aromatic rings. The average Bonchev–Trinajstić information content (AvgIpc) is 2.35. The lowest BCUT2D eigenvalue weighted by Gasteiger charge is -2.00. The molecular formula is C14H10BrF2N. The molecule has 0 aliphatic rings. The first-order valence-electron chi connectivity index (χ1n) is 5.38. The Hall–Kier alpha value is -1.55. The third-order valence-corrected chi connectivity index (χ3v) is 2.95. The maximum atomic E-state index is 13.3. The summed E-state index contributed by atoms with van der Waals surface area (Å²) in [5.74, 6) is -1.09. The molecule has 0 heterocycles. The zero-order valence-electron chi connectivity index (χ0n) is 9.41. The molecule has 0 saturated heterocycles. The van der Waals surface area contributed by atoms with Crippen LogP contribution in [0, 0.1) is 11.6 Å². The van der Waals surface area contributed by atoms with Gasteiger partial charge >= 0.3 is 0 Å². The van der Waals surface area contributed by atoms with Gasteiger partial charge in [-0.25, -0.2) is 8.78 Å². The van der Waals surface area contributed by atoms with E-state index in [0.29, 0.717) is 0 Å². The van der Waals surface area contributed by atoms with Crippen molar-refractivity contribution in [3.63, 3.8) is 0 Å². The highest BCUT2D eigenvalue weighted by atomic mass is 79.9. The SMILES string of the molecule is Fc1cccc(F)c1C/C=N/c1ccc(Br)cc1. The quantitative estimate of drug-likeness (QED) is 0.730. The van der Waals surface area contributed by atoms with E-state index in [1.165, 1.54) is 24.4 Å². The van der Waals surface area contributed by atoms with Gasteiger partial charge in [0, 0.05) is 22.7 Å². The van der Waals surface area contributed by atoms with Crippen molar-refractivity contribution in [2.75, 3.05) is 0 Å². The highest BCUT2D eigenvalue weighted by Crippen LogP contribution is 2.17. The summed E-state index contributed by atoms with van der Waals surface area (Å²) in [7, 11) is 0. The second-order valence-electron chi connectivity index (χ2n) is 3.69. The van der Waals surface area contributed by atoms with Gasteiger partial charge < -0.3 is 0 Å². The first-order chi connectivity index (χ1) is 8.66. The van der Waals surface area contributed by atoms with E-state index in [2.05, 4.69) is 20.9 Å². The molecule has 0 spiro atoms. The van der Waals surface area contributed by atoms with E-state index >= 15 is 0 Å². The van der Waals surface area contributed by atoms with Crippen LogP contribution in [0.2, 0.25) is 0 Å². The Balaban J connectivity index is 2.09. The second-order valence-corrected chi connectivity index (χ2v) is 4.61. The van der Waals surface area contributed by atoms with E-state index in [1.54, 1.807) is 0 Å². The number of benzene rings is 2. The summed E-state index contributed by atoms with van der Waals surface area (Å²) < 4.78 is 27.6. The molecule has 0 aliphatic carbocycles. The molecule has 0 N–H and O–H groups in total. The lowest BCUT2D eigenvalue weighted by molar-refractivity contribution is 0.565. The van der Waals surface area contributed by atoms with Crippen LogP contribution >= 0.6 is 15.9 Å². The Kier molecular flexibility index (Phi) is 4.20. The highest BCUT2D eigenvalue weighted by Gasteiger charge is 2.05. The van der Waals surface area contributed by atoms with Crippen molar-refractivity contribution in [3.05, 3.63) is 64.1 Å². The molecule has 0 amide bonds. The number of aliphatic imine (C=N–C) groups is 1. The summed E-state index contributed by atoms with van der Waals surface area (Å²) in [6.45, 7) is 0. The zero-order chi connectivity index (χ0) is 13.0. The van der Waals surface area contributed by atoms with Crippen molar-refractivity contribution in [2.24, 2.45) is 4.99 Å². The van der Waals surface area contributed by atoms with E-state index in [0.717, 1.165) is 10.2 Å². The van der Waals surface area contributed by atoms with E-state index < -0.39 is 11.6 Å². The molecule has 1 nitrogen and oxygen atoms in total. The van der Waals surface area contributed by atoms with Crippen molar-refractivity contribution in [1.29, 1.82) is 0 Å². The smallest absolute Gasteiger partial charge is 0.129 e. The Labute approximate surface area is 112 Å². The monoisotopic (exact) mass is 309 g/mol. The van der Waals surface area contributed by atoms with Gasteiger partial charge in [-0.1, -0.05) is 22.0 Å². The molecule has 0 saturated carbocycles. The number of hydrogen-bond acceptors (Lipinski definition) is 1. The van der Waals surface area contributed by atoms with Crippen LogP contribution in [0.1, 0.15) is 5.56 Å². The Morgan fingerprint density at radius 1 is 1.00 bits per heavy atom. The fourth-order valence-electron chi connectivity index (χ4n) is 1.50. The van der Waals surface area contributed by atoms with Crippen molar-refractivity contribution in [1.82, 2.24) is 0 Å². The Morgan fingerprint density at radius 2 is 1.61 bits per heavy atom. The van der Waals surface area contributed by atoms with Crippen LogP contribution in [-0.2, 0) is 6.42 Å². The third-order valence-electron chi connectivity index (χ3n) is 2.42. The minimum Gasteiger partial charge on any atom is -0.261 e. The van der Waals surface area contributed by atoms with Gasteiger partial charge in [-0.2, -0.15) is 0 Å². The molecule has 2 rings (SSSR count). The van der Waals surface area contributed by atoms with Gasteiger partial charge in [0.05, 0.1) is 5.69 Å². The fourth-order valence-corrected chi connectivity index (χ4v) is 1.76. The van der Waals surface area contributed by atoms with Crippen LogP contribution in [-0.4, -0.2) is 6.21 Å². The molecule has 4 heteroatoms. The van der Waals surface area contributed by atoms with E-state index in [-0.39, 0.29) is 12.0 Å². The zero-order valence-corrected chi connectivity index (χ0v) is 11.0. The maximum absolute atomic E-state index is 13.3. The van der Waals surface area contributed by atoms with Gasteiger partial charge in [-0.3, -0.25) is 4.99 Å². The lowest BCUT2D eigenvalue weighted by Crippen LogP contribution is -1.95. The van der Waals surface area contributed by atoms with Crippen LogP contribution in [0.25, 0.3) is 0 Å². The standard InChI is InChI=1S/C14H10BrF2N/c15-10-4-6-11(7-5-10)18-9-8-12-13(16)2-1-3-14(12)17/h1-7,9H,8H2/b18-9+. The first kappa shape index (κ1) is 12.9. The summed E-state index contributed by atoms with van der Waals surface area (Å²) in [4.78, 5) is 4.15. The van der Waals surface area contributed by atoms with Gasteiger partial charge in [-0.15, -0.1) is 0 Å². The number of halogens is 3. The van der Waals surface area contributed by atoms with Crippen LogP contribution in [0.5, 0.6) is 0 Å². The molecule has 0 atom stereocenters. The predicted octanol–water partition coefficient (Wildman–Crippen LogP) is 4.67. The lowest BCUT2D eigenvalue weighted by atomic mass is 10.1. The maximum Gasteiger partial charge on any atom is 0.129 e. The highest BCUT2D eigenvalue weighted by molar-refractivity contribution is 9.10. The van der Waals surface area contributed by atoms with Crippen molar-refractivity contribution < 1.29 is 8.78 Å². The summed E-state index contributed by atoms with van der Waals surface area (Å²) in [5.41, 5.74) is 0.785. The number of rotatable bonds is 3. The summed E-state index contributed by atoms with van der Waals surface area (Å²) in [5, 5.41) is 0. The second kappa shape index (κ2) is 5.87. The van der Waals surface area contributed by atoms with Crippen molar-refractivity contribution in [3.8, 4) is 0 Å². The molecular weight excluding hydrogens is 300 g/mol. The molecule has 0 bridgehead atoms. The number of nitrogens with zero attached hydrogens (tertiary/aromatic N) is 1. The minimum atomic E-state index is -0.544. The van der Waals surface area contributed by atoms with Gasteiger partial charge in [0.2, 0.25) is 0 Å². The van der Waals surface area contributed by atoms with E-state index in [4.69, 9.17) is 0 Å². The molecule has 0 unspecified atom stereocenters. The molecule has 2 aromatic carbocycles. The van der Waals surface area contributed by atoms with Gasteiger partial charge in [0.15, 0.2) is 0 Å². The minimum absolute atomic E-state index is 0.0401. The van der Waals surface area contributed by atoms with Gasteiger partial charge in [-0.05, 0) is 36.4 Å². The van der Waals surface area contributed by atoms with Gasteiger partial charge in [0.25, 0.3) is 0 Å². The van der Waals surface area contributed by atoms with Gasteiger partial charge in [0.1, 0.15) is 11.6 Å². The summed E-state index contributed by atoms with van der Waals surface area (Å²) in [6.07, 6.45) is 1.64. The first-order valence-corrected chi connectivity index (χ1v) is 6.17. The van der Waals surface area contributed by atoms with Crippen LogP contribution in [0.15, 0.2) is 51.9 Å².